The summed E-state index contributed by atoms with van der Waals surface area (Å²) in [5.74, 6) is 0.389. The van der Waals surface area contributed by atoms with E-state index in [0.717, 1.165) is 25.3 Å². The van der Waals surface area contributed by atoms with Crippen molar-refractivity contribution in [2.24, 2.45) is 5.92 Å². The van der Waals surface area contributed by atoms with E-state index in [0.29, 0.717) is 11.1 Å². The second-order valence-corrected chi connectivity index (χ2v) is 8.69. The zero-order chi connectivity index (χ0) is 19.2. The number of piperidine rings is 1. The molecule has 1 aromatic carbocycles. The summed E-state index contributed by atoms with van der Waals surface area (Å²) in [6.07, 6.45) is 3.83. The number of nitrogens with one attached hydrogen (secondary N) is 1. The summed E-state index contributed by atoms with van der Waals surface area (Å²) in [7, 11) is 0. The molecule has 0 bridgehead atoms. The van der Waals surface area contributed by atoms with Crippen LogP contribution < -0.4 is 10.2 Å². The number of carbonyl (C=O) groups is 1. The van der Waals surface area contributed by atoms with Crippen LogP contribution in [-0.2, 0) is 11.3 Å². The Morgan fingerprint density at radius 2 is 1.85 bits per heavy atom. The van der Waals surface area contributed by atoms with Crippen molar-refractivity contribution in [2.75, 3.05) is 23.3 Å². The van der Waals surface area contributed by atoms with Crippen molar-refractivity contribution in [3.8, 4) is 0 Å². The number of tetrazole rings is 1. The molecule has 1 amide bonds. The highest BCUT2D eigenvalue weighted by Crippen LogP contribution is 2.24. The van der Waals surface area contributed by atoms with Crippen molar-refractivity contribution in [1.82, 2.24) is 20.2 Å². The van der Waals surface area contributed by atoms with Gasteiger partial charge in [-0.1, -0.05) is 25.6 Å². The first kappa shape index (κ1) is 19.7. The van der Waals surface area contributed by atoms with E-state index in [9.17, 15) is 4.79 Å². The molecule has 0 radical (unpaired) electrons. The number of rotatable bonds is 7. The molecule has 1 aliphatic heterocycles. The van der Waals surface area contributed by atoms with Crippen LogP contribution in [0.1, 0.15) is 40.0 Å². The predicted octanol–water partition coefficient (Wildman–Crippen LogP) is 3.44. The number of amides is 1. The Kier molecular flexibility index (Phi) is 6.71. The summed E-state index contributed by atoms with van der Waals surface area (Å²) < 4.78 is 1.76. The third-order valence-corrected chi connectivity index (χ3v) is 5.62. The summed E-state index contributed by atoms with van der Waals surface area (Å²) in [5.41, 5.74) is 2.04. The van der Waals surface area contributed by atoms with E-state index in [1.54, 1.807) is 4.68 Å². The smallest absolute Gasteiger partial charge is 0.237 e. The zero-order valence-electron chi connectivity index (χ0n) is 16.3. The van der Waals surface area contributed by atoms with Gasteiger partial charge in [-0.3, -0.25) is 4.79 Å². The first-order valence-electron chi connectivity index (χ1n) is 9.61. The van der Waals surface area contributed by atoms with Gasteiger partial charge in [-0.05, 0) is 66.8 Å². The fourth-order valence-electron chi connectivity index (χ4n) is 3.10. The third-order valence-electron chi connectivity index (χ3n) is 4.54. The van der Waals surface area contributed by atoms with Crippen LogP contribution in [0.3, 0.4) is 0 Å². The Bertz CT molecular complexity index is 739. The standard InChI is InChI=1S/C19H28N6OS/c1-14(2)13-25-19(21-22-23-25)27-15(3)18(26)20-16-7-9-17(10-8-16)24-11-5-4-6-12-24/h7-10,14-15H,4-6,11-13H2,1-3H3,(H,20,26). The molecule has 2 heterocycles. The van der Waals surface area contributed by atoms with E-state index in [1.165, 1.54) is 36.7 Å². The van der Waals surface area contributed by atoms with Crippen molar-refractivity contribution < 1.29 is 4.79 Å². The minimum Gasteiger partial charge on any atom is -0.372 e. The SMILES string of the molecule is CC(C)Cn1nnnc1SC(C)C(=O)Nc1ccc(N2CCCCC2)cc1. The number of hydrogen-bond acceptors (Lipinski definition) is 6. The molecular formula is C19H28N6OS. The van der Waals surface area contributed by atoms with Crippen molar-refractivity contribution in [2.45, 2.75) is 57.0 Å². The molecule has 27 heavy (non-hydrogen) atoms. The van der Waals surface area contributed by atoms with Gasteiger partial charge in [0.2, 0.25) is 11.1 Å². The lowest BCUT2D eigenvalue weighted by atomic mass is 10.1. The van der Waals surface area contributed by atoms with E-state index >= 15 is 0 Å². The van der Waals surface area contributed by atoms with Crippen molar-refractivity contribution in [3.05, 3.63) is 24.3 Å². The minimum atomic E-state index is -0.288. The Hall–Kier alpha value is -2.09. The van der Waals surface area contributed by atoms with Crippen LogP contribution in [0.4, 0.5) is 11.4 Å². The lowest BCUT2D eigenvalue weighted by Gasteiger charge is -2.28. The fourth-order valence-corrected chi connectivity index (χ4v) is 3.90. The van der Waals surface area contributed by atoms with Crippen LogP contribution in [-0.4, -0.2) is 44.5 Å². The molecular weight excluding hydrogens is 360 g/mol. The Balaban J connectivity index is 1.55. The molecule has 2 aromatic rings. The van der Waals surface area contributed by atoms with Gasteiger partial charge in [-0.25, -0.2) is 4.68 Å². The summed E-state index contributed by atoms with van der Waals surface area (Å²) in [5, 5.41) is 15.2. The highest BCUT2D eigenvalue weighted by Gasteiger charge is 2.19. The zero-order valence-corrected chi connectivity index (χ0v) is 17.1. The molecule has 1 unspecified atom stereocenters. The van der Waals surface area contributed by atoms with Gasteiger partial charge < -0.3 is 10.2 Å². The number of anilines is 2. The molecule has 1 fully saturated rings. The average Bonchev–Trinajstić information content (AvgIpc) is 3.09. The van der Waals surface area contributed by atoms with Crippen LogP contribution in [0.5, 0.6) is 0 Å². The first-order chi connectivity index (χ1) is 13.0. The lowest BCUT2D eigenvalue weighted by Crippen LogP contribution is -2.29. The van der Waals surface area contributed by atoms with Crippen molar-refractivity contribution in [1.29, 1.82) is 0 Å². The van der Waals surface area contributed by atoms with Gasteiger partial charge in [0.1, 0.15) is 0 Å². The van der Waals surface area contributed by atoms with Gasteiger partial charge in [0.15, 0.2) is 0 Å². The van der Waals surface area contributed by atoms with E-state index in [2.05, 4.69) is 51.7 Å². The number of hydrogen-bond donors (Lipinski definition) is 1. The van der Waals surface area contributed by atoms with Gasteiger partial charge in [0.25, 0.3) is 0 Å². The predicted molar refractivity (Wildman–Crippen MR) is 109 cm³/mol. The van der Waals surface area contributed by atoms with Crippen LogP contribution >= 0.6 is 11.8 Å². The maximum atomic E-state index is 12.5. The highest BCUT2D eigenvalue weighted by atomic mass is 32.2. The molecule has 146 valence electrons. The first-order valence-corrected chi connectivity index (χ1v) is 10.5. The number of nitrogens with zero attached hydrogens (tertiary/aromatic N) is 5. The van der Waals surface area contributed by atoms with Crippen LogP contribution in [0.15, 0.2) is 29.4 Å². The van der Waals surface area contributed by atoms with Gasteiger partial charge in [-0.15, -0.1) is 5.10 Å². The second kappa shape index (κ2) is 9.21. The summed E-state index contributed by atoms with van der Waals surface area (Å²) in [6.45, 7) is 9.06. The Morgan fingerprint density at radius 1 is 1.15 bits per heavy atom. The minimum absolute atomic E-state index is 0.0511. The topological polar surface area (TPSA) is 75.9 Å². The number of thioether (sulfide) groups is 1. The number of aromatic nitrogens is 4. The van der Waals surface area contributed by atoms with Crippen molar-refractivity contribution in [3.63, 3.8) is 0 Å². The second-order valence-electron chi connectivity index (χ2n) is 7.38. The maximum Gasteiger partial charge on any atom is 0.237 e. The van der Waals surface area contributed by atoms with E-state index in [1.807, 2.05) is 19.1 Å². The lowest BCUT2D eigenvalue weighted by molar-refractivity contribution is -0.115. The van der Waals surface area contributed by atoms with Gasteiger partial charge in [0.05, 0.1) is 5.25 Å². The van der Waals surface area contributed by atoms with E-state index in [4.69, 9.17) is 0 Å². The Labute approximate surface area is 164 Å². The van der Waals surface area contributed by atoms with Crippen LogP contribution in [0, 0.1) is 5.92 Å². The third kappa shape index (κ3) is 5.45. The normalized spacial score (nSPS) is 15.8. The van der Waals surface area contributed by atoms with E-state index in [-0.39, 0.29) is 11.2 Å². The molecule has 8 heteroatoms. The quantitative estimate of drug-likeness (QED) is 0.732. The highest BCUT2D eigenvalue weighted by molar-refractivity contribution is 8.00. The molecule has 1 aliphatic rings. The van der Waals surface area contributed by atoms with Gasteiger partial charge in [-0.2, -0.15) is 0 Å². The van der Waals surface area contributed by atoms with Crippen LogP contribution in [0.2, 0.25) is 0 Å². The van der Waals surface area contributed by atoms with Gasteiger partial charge in [0, 0.05) is 31.0 Å². The molecule has 0 spiro atoms. The maximum absolute atomic E-state index is 12.5. The largest absolute Gasteiger partial charge is 0.372 e. The van der Waals surface area contributed by atoms with Crippen LogP contribution in [0.25, 0.3) is 0 Å². The fraction of sp³-hybridized carbons (Fsp3) is 0.579. The Morgan fingerprint density at radius 3 is 2.52 bits per heavy atom. The molecule has 1 saturated heterocycles. The average molecular weight is 389 g/mol. The van der Waals surface area contributed by atoms with E-state index < -0.39 is 0 Å². The molecule has 7 nitrogen and oxygen atoms in total. The number of benzene rings is 1. The molecule has 0 aliphatic carbocycles. The van der Waals surface area contributed by atoms with Gasteiger partial charge >= 0.3 is 0 Å². The summed E-state index contributed by atoms with van der Waals surface area (Å²) in [6, 6.07) is 8.12. The summed E-state index contributed by atoms with van der Waals surface area (Å²) >= 11 is 1.38. The monoisotopic (exact) mass is 388 g/mol. The number of carbonyl (C=O) groups excluding carboxylic acids is 1. The molecule has 1 atom stereocenters. The molecule has 3 rings (SSSR count). The summed E-state index contributed by atoms with van der Waals surface area (Å²) in [4.78, 5) is 14.9. The molecule has 1 aromatic heterocycles. The molecule has 1 N–H and O–H groups in total. The molecule has 0 saturated carbocycles. The van der Waals surface area contributed by atoms with Crippen molar-refractivity contribution >= 4 is 29.0 Å².